The van der Waals surface area contributed by atoms with Crippen LogP contribution in [0.1, 0.15) is 27.7 Å². The van der Waals surface area contributed by atoms with Crippen LogP contribution >= 0.6 is 0 Å². The van der Waals surface area contributed by atoms with Gasteiger partial charge in [0.1, 0.15) is 0 Å². The highest BCUT2D eigenvalue weighted by molar-refractivity contribution is 4.63. The fourth-order valence-electron chi connectivity index (χ4n) is 1.66. The van der Waals surface area contributed by atoms with Crippen LogP contribution in [0.3, 0.4) is 0 Å². The summed E-state index contributed by atoms with van der Waals surface area (Å²) in [7, 11) is 6.69. The minimum absolute atomic E-state index is 0.708. The second-order valence-corrected chi connectivity index (χ2v) is 5.57. The molecule has 0 aromatic heterocycles. The molecule has 0 saturated heterocycles. The molecule has 86 valence electrons. The van der Waals surface area contributed by atoms with Crippen molar-refractivity contribution in [2.75, 3.05) is 34.2 Å². The van der Waals surface area contributed by atoms with E-state index >= 15 is 0 Å². The van der Waals surface area contributed by atoms with Gasteiger partial charge in [0, 0.05) is 5.92 Å². The predicted octanol–water partition coefficient (Wildman–Crippen LogP) is 1.96. The highest BCUT2D eigenvalue weighted by atomic mass is 15.3. The Labute approximate surface area is 90.3 Å². The first-order valence-corrected chi connectivity index (χ1v) is 5.78. The predicted molar refractivity (Wildman–Crippen MR) is 64.4 cm³/mol. The molecule has 0 fully saturated rings. The fraction of sp³-hybridized carbons (Fsp3) is 1.00. The molecule has 0 bridgehead atoms. The van der Waals surface area contributed by atoms with Crippen molar-refractivity contribution >= 4 is 0 Å². The Balaban J connectivity index is 4.10. The van der Waals surface area contributed by atoms with Gasteiger partial charge in [-0.1, -0.05) is 13.8 Å². The lowest BCUT2D eigenvalue weighted by molar-refractivity contribution is -0.914. The maximum Gasteiger partial charge on any atom is 0.0829 e. The molecular weight excluding hydrogens is 172 g/mol. The third-order valence-electron chi connectivity index (χ3n) is 3.65. The van der Waals surface area contributed by atoms with Gasteiger partial charge >= 0.3 is 0 Å². The maximum absolute atomic E-state index is 3.26. The van der Waals surface area contributed by atoms with Gasteiger partial charge in [0.15, 0.2) is 0 Å². The number of rotatable bonds is 6. The number of quaternary nitrogens is 1. The van der Waals surface area contributed by atoms with Crippen molar-refractivity contribution in [3.05, 3.63) is 0 Å². The number of nitrogens with one attached hydrogen (secondary N) is 1. The van der Waals surface area contributed by atoms with Crippen molar-refractivity contribution in [3.63, 3.8) is 0 Å². The normalized spacial score (nSPS) is 17.1. The molecule has 0 radical (unpaired) electrons. The molecule has 0 saturated carbocycles. The molecule has 0 heterocycles. The molecule has 0 aromatic rings. The first-order chi connectivity index (χ1) is 6.31. The first kappa shape index (κ1) is 13.9. The van der Waals surface area contributed by atoms with Gasteiger partial charge in [0.2, 0.25) is 0 Å². The Bertz CT molecular complexity index is 152. The minimum Gasteiger partial charge on any atom is -0.326 e. The van der Waals surface area contributed by atoms with E-state index in [-0.39, 0.29) is 0 Å². The highest BCUT2D eigenvalue weighted by Crippen LogP contribution is 2.16. The van der Waals surface area contributed by atoms with Crippen LogP contribution < -0.4 is 5.32 Å². The van der Waals surface area contributed by atoms with Crippen LogP contribution in [-0.2, 0) is 0 Å². The van der Waals surface area contributed by atoms with Gasteiger partial charge in [-0.2, -0.15) is 0 Å². The zero-order valence-electron chi connectivity index (χ0n) is 11.1. The molecule has 2 unspecified atom stereocenters. The molecule has 1 N–H and O–H groups in total. The molecule has 2 heteroatoms. The zero-order chi connectivity index (χ0) is 11.4. The molecule has 0 rings (SSSR count). The van der Waals surface area contributed by atoms with Gasteiger partial charge in [-0.05, 0) is 33.4 Å². The smallest absolute Gasteiger partial charge is 0.0829 e. The fourth-order valence-corrected chi connectivity index (χ4v) is 1.66. The van der Waals surface area contributed by atoms with E-state index in [2.05, 4.69) is 47.1 Å². The van der Waals surface area contributed by atoms with Gasteiger partial charge in [-0.15, -0.1) is 0 Å². The van der Waals surface area contributed by atoms with Crippen LogP contribution in [0.5, 0.6) is 0 Å². The number of hydrogen-bond acceptors (Lipinski definition) is 1. The van der Waals surface area contributed by atoms with Crippen molar-refractivity contribution in [2.45, 2.75) is 33.7 Å². The Hall–Kier alpha value is -0.0800. The Morgan fingerprint density at radius 1 is 1.00 bits per heavy atom. The molecule has 2 atom stereocenters. The van der Waals surface area contributed by atoms with E-state index in [4.69, 9.17) is 0 Å². The van der Waals surface area contributed by atoms with E-state index in [1.165, 1.54) is 6.54 Å². The van der Waals surface area contributed by atoms with Gasteiger partial charge in [0.25, 0.3) is 0 Å². The molecule has 2 nitrogen and oxygen atoms in total. The lowest BCUT2D eigenvalue weighted by Crippen LogP contribution is -2.49. The molecule has 0 aliphatic heterocycles. The topological polar surface area (TPSA) is 12.0 Å². The van der Waals surface area contributed by atoms with E-state index in [1.807, 2.05) is 7.05 Å². The highest BCUT2D eigenvalue weighted by Gasteiger charge is 2.25. The third kappa shape index (κ3) is 4.43. The molecule has 0 amide bonds. The molecule has 0 aliphatic rings. The van der Waals surface area contributed by atoms with E-state index < -0.39 is 0 Å². The summed E-state index contributed by atoms with van der Waals surface area (Å²) in [6, 6.07) is 0.708. The molecule has 14 heavy (non-hydrogen) atoms. The zero-order valence-corrected chi connectivity index (χ0v) is 11.1. The van der Waals surface area contributed by atoms with Crippen LogP contribution in [-0.4, -0.2) is 44.8 Å². The Morgan fingerprint density at radius 2 is 1.50 bits per heavy atom. The van der Waals surface area contributed by atoms with Gasteiger partial charge in [-0.3, -0.25) is 0 Å². The summed E-state index contributed by atoms with van der Waals surface area (Å²) < 4.78 is 1.12. The van der Waals surface area contributed by atoms with Crippen molar-refractivity contribution in [2.24, 2.45) is 11.8 Å². The molecule has 0 aromatic carbocycles. The second-order valence-electron chi connectivity index (χ2n) is 5.57. The lowest BCUT2D eigenvalue weighted by atomic mass is 9.94. The number of nitrogens with zero attached hydrogens (tertiary/aromatic N) is 1. The van der Waals surface area contributed by atoms with Crippen molar-refractivity contribution in [3.8, 4) is 0 Å². The molecule has 0 spiro atoms. The maximum atomic E-state index is 3.26. The van der Waals surface area contributed by atoms with Crippen LogP contribution in [0.25, 0.3) is 0 Å². The monoisotopic (exact) mass is 201 g/mol. The largest absolute Gasteiger partial charge is 0.326 e. The van der Waals surface area contributed by atoms with Crippen LogP contribution in [0.4, 0.5) is 0 Å². The summed E-state index contributed by atoms with van der Waals surface area (Å²) in [6.07, 6.45) is 0. The van der Waals surface area contributed by atoms with Crippen molar-refractivity contribution < 1.29 is 4.48 Å². The summed E-state index contributed by atoms with van der Waals surface area (Å²) in [5.41, 5.74) is 0. The number of hydrogen-bond donors (Lipinski definition) is 1. The first-order valence-electron chi connectivity index (χ1n) is 5.78. The average molecular weight is 201 g/mol. The van der Waals surface area contributed by atoms with Crippen molar-refractivity contribution in [1.82, 2.24) is 5.32 Å². The SMILES string of the molecule is CNCC(C)C(C)C[N+](C)(C)C(C)C. The quantitative estimate of drug-likeness (QED) is 0.648. The van der Waals surface area contributed by atoms with E-state index in [0.717, 1.165) is 22.9 Å². The van der Waals surface area contributed by atoms with Gasteiger partial charge < -0.3 is 9.80 Å². The lowest BCUT2D eigenvalue weighted by Gasteiger charge is -2.37. The summed E-state index contributed by atoms with van der Waals surface area (Å²) in [6.45, 7) is 11.7. The van der Waals surface area contributed by atoms with Crippen LogP contribution in [0.15, 0.2) is 0 Å². The summed E-state index contributed by atoms with van der Waals surface area (Å²) in [4.78, 5) is 0. The van der Waals surface area contributed by atoms with Gasteiger partial charge in [-0.25, -0.2) is 0 Å². The third-order valence-corrected chi connectivity index (χ3v) is 3.65. The van der Waals surface area contributed by atoms with Crippen molar-refractivity contribution in [1.29, 1.82) is 0 Å². The van der Waals surface area contributed by atoms with E-state index in [1.54, 1.807) is 0 Å². The van der Waals surface area contributed by atoms with Gasteiger partial charge in [0.05, 0.1) is 26.7 Å². The second kappa shape index (κ2) is 5.72. The van der Waals surface area contributed by atoms with Crippen LogP contribution in [0, 0.1) is 11.8 Å². The summed E-state index contributed by atoms with van der Waals surface area (Å²) in [5, 5.41) is 3.26. The van der Waals surface area contributed by atoms with Crippen LogP contribution in [0.2, 0.25) is 0 Å². The average Bonchev–Trinajstić information content (AvgIpc) is 2.03. The Kier molecular flexibility index (Phi) is 5.68. The Morgan fingerprint density at radius 3 is 1.86 bits per heavy atom. The summed E-state index contributed by atoms with van der Waals surface area (Å²) in [5.74, 6) is 1.54. The standard InChI is InChI=1S/C12H29N2/c1-10(2)14(6,7)9-12(4)11(3)8-13-5/h10-13H,8-9H2,1-7H3/q+1. The minimum atomic E-state index is 0.708. The molecule has 0 aliphatic carbocycles. The summed E-state index contributed by atoms with van der Waals surface area (Å²) >= 11 is 0. The van der Waals surface area contributed by atoms with E-state index in [0.29, 0.717) is 6.04 Å². The van der Waals surface area contributed by atoms with E-state index in [9.17, 15) is 0 Å². The molecular formula is C12H29N2+.